The molecule has 0 aliphatic carbocycles. The summed E-state index contributed by atoms with van der Waals surface area (Å²) < 4.78 is 1.00. The van der Waals surface area contributed by atoms with Gasteiger partial charge in [0.05, 0.1) is 10.2 Å². The maximum atomic E-state index is 4.07. The molecule has 0 fully saturated rings. The van der Waals surface area contributed by atoms with Gasteiger partial charge in [-0.1, -0.05) is 19.1 Å². The minimum Gasteiger partial charge on any atom is -0.344 e. The lowest BCUT2D eigenvalue weighted by atomic mass is 10.1. The number of nitrogens with zero attached hydrogens (tertiary/aromatic N) is 2. The molecule has 0 amide bonds. The van der Waals surface area contributed by atoms with Gasteiger partial charge in [0.15, 0.2) is 0 Å². The Balaban J connectivity index is 2.30. The van der Waals surface area contributed by atoms with Crippen molar-refractivity contribution in [1.29, 1.82) is 0 Å². The van der Waals surface area contributed by atoms with Crippen LogP contribution < -0.4 is 4.90 Å². The van der Waals surface area contributed by atoms with Gasteiger partial charge in [0.25, 0.3) is 0 Å². The van der Waals surface area contributed by atoms with Crippen LogP contribution in [0.5, 0.6) is 0 Å². The molecule has 2 aromatic rings. The average molecular weight is 291 g/mol. The summed E-state index contributed by atoms with van der Waals surface area (Å²) in [5, 5.41) is 0. The molecule has 1 heterocycles. The Morgan fingerprint density at radius 1 is 1.18 bits per heavy atom. The number of benzene rings is 1. The molecular formula is C14H15BrN2. The maximum absolute atomic E-state index is 4.07. The van der Waals surface area contributed by atoms with E-state index in [0.717, 1.165) is 16.6 Å². The highest BCUT2D eigenvalue weighted by Crippen LogP contribution is 2.29. The molecule has 0 bridgehead atoms. The number of anilines is 2. The van der Waals surface area contributed by atoms with Crippen LogP contribution >= 0.6 is 15.9 Å². The van der Waals surface area contributed by atoms with Gasteiger partial charge in [0.1, 0.15) is 0 Å². The summed E-state index contributed by atoms with van der Waals surface area (Å²) >= 11 is 3.52. The summed E-state index contributed by atoms with van der Waals surface area (Å²) in [6.45, 7) is 2.16. The zero-order valence-corrected chi connectivity index (χ0v) is 11.6. The number of hydrogen-bond acceptors (Lipinski definition) is 2. The highest BCUT2D eigenvalue weighted by molar-refractivity contribution is 9.10. The molecule has 1 aromatic heterocycles. The molecular weight excluding hydrogens is 276 g/mol. The predicted molar refractivity (Wildman–Crippen MR) is 75.8 cm³/mol. The molecule has 0 N–H and O–H groups in total. The van der Waals surface area contributed by atoms with Gasteiger partial charge < -0.3 is 4.90 Å². The van der Waals surface area contributed by atoms with E-state index in [-0.39, 0.29) is 0 Å². The normalized spacial score (nSPS) is 10.3. The monoisotopic (exact) mass is 290 g/mol. The summed E-state index contributed by atoms with van der Waals surface area (Å²) in [5.41, 5.74) is 3.65. The van der Waals surface area contributed by atoms with Crippen molar-refractivity contribution >= 4 is 27.3 Å². The number of halogens is 1. The molecule has 17 heavy (non-hydrogen) atoms. The molecule has 0 saturated heterocycles. The summed E-state index contributed by atoms with van der Waals surface area (Å²) in [7, 11) is 2.06. The van der Waals surface area contributed by atoms with Gasteiger partial charge in [-0.15, -0.1) is 0 Å². The van der Waals surface area contributed by atoms with Gasteiger partial charge in [-0.25, -0.2) is 0 Å². The predicted octanol–water partition coefficient (Wildman–Crippen LogP) is 4.17. The van der Waals surface area contributed by atoms with Gasteiger partial charge in [-0.2, -0.15) is 0 Å². The van der Waals surface area contributed by atoms with E-state index >= 15 is 0 Å². The third kappa shape index (κ3) is 2.67. The molecule has 0 radical (unpaired) electrons. The van der Waals surface area contributed by atoms with Gasteiger partial charge in [-0.3, -0.25) is 4.98 Å². The van der Waals surface area contributed by atoms with Crippen molar-refractivity contribution in [1.82, 2.24) is 4.98 Å². The Morgan fingerprint density at radius 3 is 2.47 bits per heavy atom. The fourth-order valence-corrected chi connectivity index (χ4v) is 2.25. The second kappa shape index (κ2) is 5.32. The Kier molecular flexibility index (Phi) is 3.79. The zero-order valence-electron chi connectivity index (χ0n) is 10.0. The molecule has 88 valence electrons. The summed E-state index contributed by atoms with van der Waals surface area (Å²) in [6.07, 6.45) is 4.69. The first-order chi connectivity index (χ1) is 8.22. The van der Waals surface area contributed by atoms with E-state index in [4.69, 9.17) is 0 Å². The molecule has 0 atom stereocenters. The fraction of sp³-hybridized carbons (Fsp3) is 0.214. The highest BCUT2D eigenvalue weighted by atomic mass is 79.9. The van der Waals surface area contributed by atoms with E-state index in [9.17, 15) is 0 Å². The molecule has 0 unspecified atom stereocenters. The first-order valence-corrected chi connectivity index (χ1v) is 6.44. The number of pyridine rings is 1. The zero-order chi connectivity index (χ0) is 12.3. The van der Waals surface area contributed by atoms with Crippen LogP contribution in [0.25, 0.3) is 0 Å². The first kappa shape index (κ1) is 12.1. The van der Waals surface area contributed by atoms with Gasteiger partial charge in [-0.05, 0) is 46.1 Å². The van der Waals surface area contributed by atoms with Crippen molar-refractivity contribution < 1.29 is 0 Å². The average Bonchev–Trinajstić information content (AvgIpc) is 2.39. The Morgan fingerprint density at radius 2 is 1.88 bits per heavy atom. The van der Waals surface area contributed by atoms with Crippen LogP contribution in [0.2, 0.25) is 0 Å². The van der Waals surface area contributed by atoms with E-state index in [1.54, 1.807) is 6.20 Å². The number of rotatable bonds is 3. The lowest BCUT2D eigenvalue weighted by Crippen LogP contribution is -2.10. The largest absolute Gasteiger partial charge is 0.344 e. The Hall–Kier alpha value is -1.35. The third-order valence-corrected chi connectivity index (χ3v) is 3.46. The molecule has 0 aliphatic heterocycles. The Labute approximate surface area is 110 Å². The molecule has 0 saturated carbocycles. The first-order valence-electron chi connectivity index (χ1n) is 5.64. The Bertz CT molecular complexity index is 494. The number of aromatic nitrogens is 1. The second-order valence-electron chi connectivity index (χ2n) is 3.91. The van der Waals surface area contributed by atoms with Crippen molar-refractivity contribution in [3.05, 3.63) is 52.8 Å². The van der Waals surface area contributed by atoms with Crippen molar-refractivity contribution in [3.8, 4) is 0 Å². The van der Waals surface area contributed by atoms with Crippen LogP contribution in [0, 0.1) is 0 Å². The summed E-state index contributed by atoms with van der Waals surface area (Å²) in [4.78, 5) is 6.22. The highest BCUT2D eigenvalue weighted by Gasteiger charge is 2.07. The minimum absolute atomic E-state index is 1.00. The van der Waals surface area contributed by atoms with Crippen LogP contribution in [0.3, 0.4) is 0 Å². The van der Waals surface area contributed by atoms with Crippen LogP contribution in [0.15, 0.2) is 47.2 Å². The topological polar surface area (TPSA) is 16.1 Å². The molecule has 1 aromatic carbocycles. The third-order valence-electron chi connectivity index (χ3n) is 2.84. The van der Waals surface area contributed by atoms with Gasteiger partial charge in [0.2, 0.25) is 0 Å². The quantitative estimate of drug-likeness (QED) is 0.843. The molecule has 0 spiro atoms. The maximum Gasteiger partial charge on any atom is 0.0595 e. The smallest absolute Gasteiger partial charge is 0.0595 e. The molecule has 0 aliphatic rings. The fourth-order valence-electron chi connectivity index (χ4n) is 1.73. The van der Waals surface area contributed by atoms with Crippen molar-refractivity contribution in [2.45, 2.75) is 13.3 Å². The van der Waals surface area contributed by atoms with E-state index in [1.807, 2.05) is 12.3 Å². The van der Waals surface area contributed by atoms with Crippen molar-refractivity contribution in [3.63, 3.8) is 0 Å². The van der Waals surface area contributed by atoms with E-state index in [2.05, 4.69) is 64.1 Å². The summed E-state index contributed by atoms with van der Waals surface area (Å²) in [6, 6.07) is 10.6. The van der Waals surface area contributed by atoms with Gasteiger partial charge >= 0.3 is 0 Å². The number of hydrogen-bond donors (Lipinski definition) is 0. The molecule has 3 heteroatoms. The number of aryl methyl sites for hydroxylation is 1. The second-order valence-corrected chi connectivity index (χ2v) is 4.76. The summed E-state index contributed by atoms with van der Waals surface area (Å²) in [5.74, 6) is 0. The SMILES string of the molecule is CCc1ccc(N(C)c2ccncc2Br)cc1. The molecule has 2 rings (SSSR count). The van der Waals surface area contributed by atoms with E-state index in [0.29, 0.717) is 0 Å². The van der Waals surface area contributed by atoms with Gasteiger partial charge in [0, 0.05) is 25.1 Å². The van der Waals surface area contributed by atoms with Crippen LogP contribution in [-0.4, -0.2) is 12.0 Å². The lowest BCUT2D eigenvalue weighted by molar-refractivity contribution is 1.13. The standard InChI is InChI=1S/C14H15BrN2/c1-3-11-4-6-12(7-5-11)17(2)14-8-9-16-10-13(14)15/h4-10H,3H2,1-2H3. The van der Waals surface area contributed by atoms with Crippen LogP contribution in [0.4, 0.5) is 11.4 Å². The van der Waals surface area contributed by atoms with Crippen LogP contribution in [0.1, 0.15) is 12.5 Å². The van der Waals surface area contributed by atoms with Crippen molar-refractivity contribution in [2.24, 2.45) is 0 Å². The van der Waals surface area contributed by atoms with E-state index < -0.39 is 0 Å². The van der Waals surface area contributed by atoms with Crippen molar-refractivity contribution in [2.75, 3.05) is 11.9 Å². The molecule has 2 nitrogen and oxygen atoms in total. The van der Waals surface area contributed by atoms with E-state index in [1.165, 1.54) is 11.3 Å². The van der Waals surface area contributed by atoms with Crippen LogP contribution in [-0.2, 0) is 6.42 Å². The lowest BCUT2D eigenvalue weighted by Gasteiger charge is -2.20. The minimum atomic E-state index is 1.00.